The average molecular weight is 235 g/mol. The molecule has 0 saturated heterocycles. The smallest absolute Gasteiger partial charge is 0.129 e. The molecule has 0 atom stereocenters. The molecule has 0 unspecified atom stereocenters. The van der Waals surface area contributed by atoms with E-state index < -0.39 is 0 Å². The Morgan fingerprint density at radius 3 is 2.82 bits per heavy atom. The molecule has 0 aliphatic heterocycles. The minimum absolute atomic E-state index is 0.192. The lowest BCUT2D eigenvalue weighted by Crippen LogP contribution is -2.02. The van der Waals surface area contributed by atoms with Gasteiger partial charge < -0.3 is 14.9 Å². The molecular weight excluding hydrogens is 221 g/mol. The van der Waals surface area contributed by atoms with E-state index in [4.69, 9.17) is 14.9 Å². The SMILES string of the molecule is NCc1cc(COCc2ccco2)ccc1F. The second-order valence-corrected chi connectivity index (χ2v) is 3.70. The number of nitrogens with two attached hydrogens (primary N) is 1. The molecule has 0 spiro atoms. The van der Waals surface area contributed by atoms with Crippen LogP contribution in [0, 0.1) is 5.82 Å². The van der Waals surface area contributed by atoms with Gasteiger partial charge in [-0.05, 0) is 29.8 Å². The first-order valence-electron chi connectivity index (χ1n) is 5.37. The molecule has 0 amide bonds. The van der Waals surface area contributed by atoms with Crippen LogP contribution in [0.4, 0.5) is 4.39 Å². The predicted molar refractivity (Wildman–Crippen MR) is 61.5 cm³/mol. The average Bonchev–Trinajstić information content (AvgIpc) is 2.84. The van der Waals surface area contributed by atoms with Crippen LogP contribution in [0.3, 0.4) is 0 Å². The molecule has 1 heterocycles. The third-order valence-electron chi connectivity index (χ3n) is 2.42. The van der Waals surface area contributed by atoms with Gasteiger partial charge in [0.05, 0.1) is 12.9 Å². The first kappa shape index (κ1) is 11.8. The van der Waals surface area contributed by atoms with E-state index in [9.17, 15) is 4.39 Å². The van der Waals surface area contributed by atoms with E-state index in [-0.39, 0.29) is 12.4 Å². The highest BCUT2D eigenvalue weighted by atomic mass is 19.1. The zero-order valence-electron chi connectivity index (χ0n) is 9.36. The molecule has 90 valence electrons. The highest BCUT2D eigenvalue weighted by Gasteiger charge is 2.02. The van der Waals surface area contributed by atoms with Gasteiger partial charge in [-0.1, -0.05) is 6.07 Å². The highest BCUT2D eigenvalue weighted by Crippen LogP contribution is 2.12. The van der Waals surface area contributed by atoms with Gasteiger partial charge in [-0.15, -0.1) is 0 Å². The molecule has 4 heteroatoms. The van der Waals surface area contributed by atoms with Gasteiger partial charge in [-0.25, -0.2) is 4.39 Å². The van der Waals surface area contributed by atoms with Gasteiger partial charge in [0.25, 0.3) is 0 Å². The van der Waals surface area contributed by atoms with E-state index in [1.807, 2.05) is 12.1 Å². The Balaban J connectivity index is 1.90. The topological polar surface area (TPSA) is 48.4 Å². The van der Waals surface area contributed by atoms with Crippen LogP contribution < -0.4 is 5.73 Å². The second kappa shape index (κ2) is 5.61. The molecule has 0 aliphatic rings. The van der Waals surface area contributed by atoms with Crippen molar-refractivity contribution in [3.05, 3.63) is 59.3 Å². The number of rotatable bonds is 5. The Hall–Kier alpha value is -1.65. The predicted octanol–water partition coefficient (Wildman–Crippen LogP) is 2.59. The van der Waals surface area contributed by atoms with Gasteiger partial charge in [-0.2, -0.15) is 0 Å². The molecule has 0 aliphatic carbocycles. The fourth-order valence-corrected chi connectivity index (χ4v) is 1.54. The number of benzene rings is 1. The van der Waals surface area contributed by atoms with Gasteiger partial charge in [0.1, 0.15) is 18.2 Å². The number of ether oxygens (including phenoxy) is 1. The van der Waals surface area contributed by atoms with Crippen molar-refractivity contribution >= 4 is 0 Å². The zero-order valence-corrected chi connectivity index (χ0v) is 9.36. The lowest BCUT2D eigenvalue weighted by molar-refractivity contribution is 0.0928. The third-order valence-corrected chi connectivity index (χ3v) is 2.42. The summed E-state index contributed by atoms with van der Waals surface area (Å²) < 4.78 is 23.8. The van der Waals surface area contributed by atoms with Crippen molar-refractivity contribution < 1.29 is 13.5 Å². The minimum Gasteiger partial charge on any atom is -0.467 e. The first-order chi connectivity index (χ1) is 8.29. The van der Waals surface area contributed by atoms with Crippen LogP contribution in [-0.2, 0) is 24.5 Å². The molecule has 3 nitrogen and oxygen atoms in total. The van der Waals surface area contributed by atoms with E-state index in [0.29, 0.717) is 18.8 Å². The largest absolute Gasteiger partial charge is 0.467 e. The van der Waals surface area contributed by atoms with Crippen molar-refractivity contribution in [1.29, 1.82) is 0 Å². The summed E-state index contributed by atoms with van der Waals surface area (Å²) in [6.45, 7) is 1.01. The molecular formula is C13H14FNO2. The van der Waals surface area contributed by atoms with Crippen LogP contribution in [0.2, 0.25) is 0 Å². The molecule has 17 heavy (non-hydrogen) atoms. The van der Waals surface area contributed by atoms with Crippen molar-refractivity contribution in [2.24, 2.45) is 5.73 Å². The summed E-state index contributed by atoms with van der Waals surface area (Å²) in [5, 5.41) is 0. The summed E-state index contributed by atoms with van der Waals surface area (Å²) in [5.41, 5.74) is 6.83. The Morgan fingerprint density at radius 1 is 1.24 bits per heavy atom. The van der Waals surface area contributed by atoms with Crippen LogP contribution in [0.25, 0.3) is 0 Å². The molecule has 0 bridgehead atoms. The summed E-state index contributed by atoms with van der Waals surface area (Å²) in [6.07, 6.45) is 1.60. The van der Waals surface area contributed by atoms with Crippen LogP contribution >= 0.6 is 0 Å². The maximum Gasteiger partial charge on any atom is 0.129 e. The van der Waals surface area contributed by atoms with E-state index in [1.165, 1.54) is 6.07 Å². The molecule has 0 radical (unpaired) electrons. The van der Waals surface area contributed by atoms with Crippen LogP contribution in [0.1, 0.15) is 16.9 Å². The van der Waals surface area contributed by atoms with Crippen molar-refractivity contribution in [2.45, 2.75) is 19.8 Å². The second-order valence-electron chi connectivity index (χ2n) is 3.70. The molecule has 1 aromatic carbocycles. The van der Waals surface area contributed by atoms with Crippen molar-refractivity contribution in [2.75, 3.05) is 0 Å². The summed E-state index contributed by atoms with van der Waals surface area (Å²) in [5.74, 6) is 0.494. The maximum absolute atomic E-state index is 13.2. The van der Waals surface area contributed by atoms with E-state index in [0.717, 1.165) is 11.3 Å². The van der Waals surface area contributed by atoms with Crippen molar-refractivity contribution in [3.8, 4) is 0 Å². The summed E-state index contributed by atoms with van der Waals surface area (Å²) in [4.78, 5) is 0. The Bertz CT molecular complexity index is 468. The van der Waals surface area contributed by atoms with Gasteiger partial charge >= 0.3 is 0 Å². The van der Waals surface area contributed by atoms with E-state index in [2.05, 4.69) is 0 Å². The Labute approximate surface area is 99.0 Å². The first-order valence-corrected chi connectivity index (χ1v) is 5.37. The van der Waals surface area contributed by atoms with Crippen molar-refractivity contribution in [1.82, 2.24) is 0 Å². The van der Waals surface area contributed by atoms with Gasteiger partial charge in [-0.3, -0.25) is 0 Å². The minimum atomic E-state index is -0.276. The van der Waals surface area contributed by atoms with Gasteiger partial charge in [0, 0.05) is 12.1 Å². The molecule has 1 aromatic heterocycles. The Morgan fingerprint density at radius 2 is 2.12 bits per heavy atom. The van der Waals surface area contributed by atoms with Crippen LogP contribution in [0.5, 0.6) is 0 Å². The molecule has 0 fully saturated rings. The van der Waals surface area contributed by atoms with E-state index >= 15 is 0 Å². The van der Waals surface area contributed by atoms with E-state index in [1.54, 1.807) is 18.4 Å². The standard InChI is InChI=1S/C13H14FNO2/c14-13-4-3-10(6-11(13)7-15)8-16-9-12-2-1-5-17-12/h1-6H,7-9,15H2. The van der Waals surface area contributed by atoms with Gasteiger partial charge in [0.2, 0.25) is 0 Å². The quantitative estimate of drug-likeness (QED) is 0.866. The molecule has 0 saturated carbocycles. The third kappa shape index (κ3) is 3.15. The fourth-order valence-electron chi connectivity index (χ4n) is 1.54. The highest BCUT2D eigenvalue weighted by molar-refractivity contribution is 5.24. The number of hydrogen-bond donors (Lipinski definition) is 1. The fraction of sp³-hybridized carbons (Fsp3) is 0.231. The van der Waals surface area contributed by atoms with Crippen LogP contribution in [-0.4, -0.2) is 0 Å². The van der Waals surface area contributed by atoms with Gasteiger partial charge in [0.15, 0.2) is 0 Å². The summed E-state index contributed by atoms with van der Waals surface area (Å²) in [7, 11) is 0. The number of hydrogen-bond acceptors (Lipinski definition) is 3. The lowest BCUT2D eigenvalue weighted by atomic mass is 10.1. The number of halogens is 1. The monoisotopic (exact) mass is 235 g/mol. The maximum atomic E-state index is 13.2. The lowest BCUT2D eigenvalue weighted by Gasteiger charge is -2.05. The van der Waals surface area contributed by atoms with Crippen LogP contribution in [0.15, 0.2) is 41.0 Å². The Kier molecular flexibility index (Phi) is 3.90. The normalized spacial score (nSPS) is 10.7. The summed E-state index contributed by atoms with van der Waals surface area (Å²) in [6, 6.07) is 8.47. The zero-order chi connectivity index (χ0) is 12.1. The van der Waals surface area contributed by atoms with Crippen molar-refractivity contribution in [3.63, 3.8) is 0 Å². The molecule has 2 rings (SSSR count). The molecule has 2 N–H and O–H groups in total. The summed E-state index contributed by atoms with van der Waals surface area (Å²) >= 11 is 0. The number of furan rings is 1. The molecule has 2 aromatic rings.